The number of rotatable bonds is 5. The van der Waals surface area contributed by atoms with E-state index in [9.17, 15) is 8.78 Å². The van der Waals surface area contributed by atoms with Crippen LogP contribution in [0.25, 0.3) is 11.3 Å². The van der Waals surface area contributed by atoms with Crippen molar-refractivity contribution in [2.75, 3.05) is 7.11 Å². The van der Waals surface area contributed by atoms with E-state index in [2.05, 4.69) is 5.16 Å². The van der Waals surface area contributed by atoms with Crippen LogP contribution >= 0.6 is 0 Å². The Morgan fingerprint density at radius 1 is 1.04 bits per heavy atom. The molecule has 0 amide bonds. The molecule has 6 heteroatoms. The lowest BCUT2D eigenvalue weighted by Gasteiger charge is -2.04. The van der Waals surface area contributed by atoms with Gasteiger partial charge in [0.2, 0.25) is 0 Å². The highest BCUT2D eigenvalue weighted by Crippen LogP contribution is 2.23. The molecule has 0 aliphatic rings. The number of halogens is 2. The maximum Gasteiger partial charge on any atom is 0.174 e. The molecule has 0 N–H and O–H groups in total. The lowest BCUT2D eigenvalue weighted by molar-refractivity contribution is 0.240. The molecule has 0 spiro atoms. The molecule has 0 unspecified atom stereocenters. The minimum atomic E-state index is -0.764. The summed E-state index contributed by atoms with van der Waals surface area (Å²) in [5, 5.41) is 3.94. The summed E-state index contributed by atoms with van der Waals surface area (Å²) in [4.78, 5) is 0. The van der Waals surface area contributed by atoms with Crippen molar-refractivity contribution in [1.82, 2.24) is 5.16 Å². The molecule has 118 valence electrons. The molecule has 1 heterocycles. The average molecular weight is 317 g/mol. The van der Waals surface area contributed by atoms with Gasteiger partial charge in [0.15, 0.2) is 17.3 Å². The van der Waals surface area contributed by atoms with Crippen molar-refractivity contribution in [2.45, 2.75) is 6.61 Å². The van der Waals surface area contributed by atoms with Crippen molar-refractivity contribution in [3.05, 3.63) is 65.9 Å². The van der Waals surface area contributed by atoms with Gasteiger partial charge >= 0.3 is 0 Å². The van der Waals surface area contributed by atoms with Gasteiger partial charge < -0.3 is 14.0 Å². The molecule has 3 aromatic rings. The average Bonchev–Trinajstić information content (AvgIpc) is 3.03. The van der Waals surface area contributed by atoms with E-state index < -0.39 is 11.6 Å². The summed E-state index contributed by atoms with van der Waals surface area (Å²) in [5.41, 5.74) is 1.49. The number of ether oxygens (including phenoxy) is 2. The maximum absolute atomic E-state index is 13.5. The fourth-order valence-electron chi connectivity index (χ4n) is 2.02. The summed E-state index contributed by atoms with van der Waals surface area (Å²) in [6.45, 7) is -0.00823. The molecule has 0 radical (unpaired) electrons. The second-order valence-electron chi connectivity index (χ2n) is 4.77. The second kappa shape index (κ2) is 6.48. The Morgan fingerprint density at radius 2 is 1.83 bits per heavy atom. The van der Waals surface area contributed by atoms with Crippen molar-refractivity contribution in [2.24, 2.45) is 0 Å². The van der Waals surface area contributed by atoms with Gasteiger partial charge in [-0.25, -0.2) is 8.78 Å². The molecule has 2 aromatic carbocycles. The molecule has 0 fully saturated rings. The molecule has 0 saturated heterocycles. The number of methoxy groups -OCH3 is 1. The third-order valence-electron chi connectivity index (χ3n) is 3.21. The van der Waals surface area contributed by atoms with Gasteiger partial charge in [-0.3, -0.25) is 0 Å². The topological polar surface area (TPSA) is 44.5 Å². The summed E-state index contributed by atoms with van der Waals surface area (Å²) in [6, 6.07) is 12.1. The van der Waals surface area contributed by atoms with E-state index in [0.29, 0.717) is 11.5 Å². The quantitative estimate of drug-likeness (QED) is 0.707. The van der Waals surface area contributed by atoms with Crippen LogP contribution < -0.4 is 9.47 Å². The fourth-order valence-corrected chi connectivity index (χ4v) is 2.02. The van der Waals surface area contributed by atoms with Crippen LogP contribution in [0.2, 0.25) is 0 Å². The van der Waals surface area contributed by atoms with Crippen LogP contribution in [0.5, 0.6) is 11.5 Å². The van der Waals surface area contributed by atoms with Gasteiger partial charge in [0, 0.05) is 17.7 Å². The number of hydrogen-bond acceptors (Lipinski definition) is 4. The fraction of sp³-hybridized carbons (Fsp3) is 0.118. The highest BCUT2D eigenvalue weighted by molar-refractivity contribution is 5.59. The highest BCUT2D eigenvalue weighted by Gasteiger charge is 2.10. The van der Waals surface area contributed by atoms with Gasteiger partial charge in [-0.2, -0.15) is 0 Å². The third kappa shape index (κ3) is 3.48. The highest BCUT2D eigenvalue weighted by atomic mass is 19.1. The first-order valence-electron chi connectivity index (χ1n) is 6.83. The zero-order chi connectivity index (χ0) is 16.2. The van der Waals surface area contributed by atoms with E-state index in [-0.39, 0.29) is 12.4 Å². The Hall–Kier alpha value is -2.89. The van der Waals surface area contributed by atoms with Gasteiger partial charge in [0.1, 0.15) is 23.9 Å². The smallest absolute Gasteiger partial charge is 0.174 e. The van der Waals surface area contributed by atoms with Crippen LogP contribution in [0.15, 0.2) is 53.1 Å². The molecular weight excluding hydrogens is 304 g/mol. The monoisotopic (exact) mass is 317 g/mol. The van der Waals surface area contributed by atoms with Crippen molar-refractivity contribution >= 4 is 0 Å². The molecule has 0 saturated carbocycles. The molecule has 0 aliphatic carbocycles. The minimum Gasteiger partial charge on any atom is -0.497 e. The van der Waals surface area contributed by atoms with E-state index in [1.165, 1.54) is 6.07 Å². The summed E-state index contributed by atoms with van der Waals surface area (Å²) in [7, 11) is 1.59. The van der Waals surface area contributed by atoms with E-state index >= 15 is 0 Å². The summed E-state index contributed by atoms with van der Waals surface area (Å²) in [6.07, 6.45) is 0. The third-order valence-corrected chi connectivity index (χ3v) is 3.21. The first-order valence-corrected chi connectivity index (χ1v) is 6.83. The van der Waals surface area contributed by atoms with Crippen LogP contribution in [0.3, 0.4) is 0 Å². The Balaban J connectivity index is 1.69. The maximum atomic E-state index is 13.5. The van der Waals surface area contributed by atoms with Crippen LogP contribution in [0.4, 0.5) is 8.78 Å². The van der Waals surface area contributed by atoms with Gasteiger partial charge in [0.05, 0.1) is 7.11 Å². The molecule has 0 aliphatic heterocycles. The van der Waals surface area contributed by atoms with Gasteiger partial charge in [-0.05, 0) is 36.4 Å². The van der Waals surface area contributed by atoms with Gasteiger partial charge in [0.25, 0.3) is 0 Å². The number of nitrogens with zero attached hydrogens (tertiary/aromatic N) is 1. The summed E-state index contributed by atoms with van der Waals surface area (Å²) >= 11 is 0. The van der Waals surface area contributed by atoms with Gasteiger partial charge in [-0.1, -0.05) is 5.16 Å². The Bertz CT molecular complexity index is 800. The lowest BCUT2D eigenvalue weighted by atomic mass is 10.1. The Kier molecular flexibility index (Phi) is 4.23. The van der Waals surface area contributed by atoms with Crippen molar-refractivity contribution < 1.29 is 22.8 Å². The predicted molar refractivity (Wildman–Crippen MR) is 79.2 cm³/mol. The number of hydrogen-bond donors (Lipinski definition) is 0. The largest absolute Gasteiger partial charge is 0.497 e. The number of benzene rings is 2. The zero-order valence-corrected chi connectivity index (χ0v) is 12.3. The van der Waals surface area contributed by atoms with E-state index in [1.54, 1.807) is 13.2 Å². The van der Waals surface area contributed by atoms with E-state index in [1.807, 2.05) is 24.3 Å². The zero-order valence-electron chi connectivity index (χ0n) is 12.3. The number of aromatic nitrogens is 1. The standard InChI is InChI=1S/C17H13F2NO3/c1-21-13-5-2-11(3-6-13)16-9-14(23-20-16)10-22-17-7-4-12(18)8-15(17)19/h2-9H,10H2,1H3. The Morgan fingerprint density at radius 3 is 2.52 bits per heavy atom. The normalized spacial score (nSPS) is 10.6. The van der Waals surface area contributed by atoms with Crippen LogP contribution in [-0.2, 0) is 6.61 Å². The van der Waals surface area contributed by atoms with E-state index in [4.69, 9.17) is 14.0 Å². The molecule has 3 rings (SSSR count). The molecule has 0 atom stereocenters. The van der Waals surface area contributed by atoms with Crippen molar-refractivity contribution in [1.29, 1.82) is 0 Å². The molecule has 4 nitrogen and oxygen atoms in total. The molecule has 0 bridgehead atoms. The summed E-state index contributed by atoms with van der Waals surface area (Å²) in [5.74, 6) is -0.294. The van der Waals surface area contributed by atoms with Crippen LogP contribution in [0, 0.1) is 11.6 Å². The van der Waals surface area contributed by atoms with E-state index in [0.717, 1.165) is 23.4 Å². The molecule has 23 heavy (non-hydrogen) atoms. The predicted octanol–water partition coefficient (Wildman–Crippen LogP) is 4.21. The first kappa shape index (κ1) is 15.0. The molecular formula is C17H13F2NO3. The van der Waals surface area contributed by atoms with Crippen LogP contribution in [0.1, 0.15) is 5.76 Å². The van der Waals surface area contributed by atoms with Crippen molar-refractivity contribution in [3.8, 4) is 22.8 Å². The van der Waals surface area contributed by atoms with Crippen molar-refractivity contribution in [3.63, 3.8) is 0 Å². The van der Waals surface area contributed by atoms with Gasteiger partial charge in [-0.15, -0.1) is 0 Å². The minimum absolute atomic E-state index is 0.00823. The first-order chi connectivity index (χ1) is 11.2. The van der Waals surface area contributed by atoms with Crippen LogP contribution in [-0.4, -0.2) is 12.3 Å². The summed E-state index contributed by atoms with van der Waals surface area (Å²) < 4.78 is 41.8. The molecule has 1 aromatic heterocycles. The SMILES string of the molecule is COc1ccc(-c2cc(COc3ccc(F)cc3F)on2)cc1. The Labute approximate surface area is 131 Å². The second-order valence-corrected chi connectivity index (χ2v) is 4.77. The lowest BCUT2D eigenvalue weighted by Crippen LogP contribution is -1.96.